The van der Waals surface area contributed by atoms with Crippen molar-refractivity contribution in [2.75, 3.05) is 37.7 Å². The monoisotopic (exact) mass is 501 g/mol. The molecule has 2 N–H and O–H groups in total. The Morgan fingerprint density at radius 3 is 2.71 bits per heavy atom. The van der Waals surface area contributed by atoms with E-state index in [4.69, 9.17) is 9.73 Å². The Morgan fingerprint density at radius 1 is 1.32 bits per heavy atom. The van der Waals surface area contributed by atoms with Gasteiger partial charge in [0.1, 0.15) is 5.82 Å². The minimum atomic E-state index is -0.0780. The smallest absolute Gasteiger partial charge is 0.191 e. The van der Waals surface area contributed by atoms with Crippen molar-refractivity contribution in [2.24, 2.45) is 10.9 Å². The molecule has 3 rings (SSSR count). The normalized spacial score (nSPS) is 23.4. The summed E-state index contributed by atoms with van der Waals surface area (Å²) in [6.07, 6.45) is 6.71. The van der Waals surface area contributed by atoms with E-state index in [-0.39, 0.29) is 29.6 Å². The highest BCUT2D eigenvalue weighted by Crippen LogP contribution is 2.24. The van der Waals surface area contributed by atoms with Crippen molar-refractivity contribution in [3.8, 4) is 0 Å². The Bertz CT molecular complexity index is 608. The van der Waals surface area contributed by atoms with Gasteiger partial charge in [-0.25, -0.2) is 9.98 Å². The van der Waals surface area contributed by atoms with Gasteiger partial charge in [0.25, 0.3) is 0 Å². The first-order chi connectivity index (χ1) is 13.1. The molecule has 0 aromatic carbocycles. The fourth-order valence-electron chi connectivity index (χ4n) is 3.69. The number of guanidine groups is 1. The van der Waals surface area contributed by atoms with Gasteiger partial charge in [0.05, 0.1) is 12.1 Å². The fraction of sp³-hybridized carbons (Fsp3) is 0.714. The highest BCUT2D eigenvalue weighted by Gasteiger charge is 2.29. The molecule has 0 radical (unpaired) electrons. The molecule has 2 saturated heterocycles. The number of aromatic nitrogens is 1. The molecule has 1 aromatic rings. The molecule has 0 bridgehead atoms. The zero-order chi connectivity index (χ0) is 19.1. The molecular formula is C21H36IN5O. The van der Waals surface area contributed by atoms with Crippen LogP contribution in [0.15, 0.2) is 23.3 Å². The number of hydrogen-bond donors (Lipinski definition) is 2. The van der Waals surface area contributed by atoms with Crippen LogP contribution in [0.3, 0.4) is 0 Å². The van der Waals surface area contributed by atoms with Gasteiger partial charge in [-0.15, -0.1) is 24.0 Å². The molecule has 0 aliphatic carbocycles. The molecule has 0 spiro atoms. The summed E-state index contributed by atoms with van der Waals surface area (Å²) < 4.78 is 5.85. The summed E-state index contributed by atoms with van der Waals surface area (Å²) in [5.41, 5.74) is 1.05. The van der Waals surface area contributed by atoms with Gasteiger partial charge in [-0.2, -0.15) is 0 Å². The summed E-state index contributed by atoms with van der Waals surface area (Å²) in [6.45, 7) is 11.9. The number of nitrogens with one attached hydrogen (secondary N) is 2. The van der Waals surface area contributed by atoms with E-state index in [1.165, 1.54) is 12.8 Å². The number of nitrogens with zero attached hydrogens (tertiary/aromatic N) is 3. The third kappa shape index (κ3) is 6.76. The fourth-order valence-corrected chi connectivity index (χ4v) is 3.69. The Hall–Kier alpha value is -1.09. The third-order valence-corrected chi connectivity index (χ3v) is 5.61. The molecule has 1 unspecified atom stereocenters. The number of hydrogen-bond acceptors (Lipinski definition) is 4. The van der Waals surface area contributed by atoms with Crippen molar-refractivity contribution in [1.82, 2.24) is 15.6 Å². The van der Waals surface area contributed by atoms with Gasteiger partial charge in [-0.05, 0) is 57.1 Å². The molecular weight excluding hydrogens is 465 g/mol. The van der Waals surface area contributed by atoms with Gasteiger partial charge >= 0.3 is 0 Å². The first-order valence-electron chi connectivity index (χ1n) is 10.4. The number of anilines is 1. The number of aliphatic imine (C=N–C) groups is 1. The van der Waals surface area contributed by atoms with Gasteiger partial charge in [-0.1, -0.05) is 13.0 Å². The first-order valence-corrected chi connectivity index (χ1v) is 10.4. The number of pyridine rings is 1. The molecule has 158 valence electrons. The minimum absolute atomic E-state index is 0. The first kappa shape index (κ1) is 23.2. The number of piperidine rings is 1. The number of rotatable bonds is 6. The highest BCUT2D eigenvalue weighted by atomic mass is 127. The quantitative estimate of drug-likeness (QED) is 0.355. The Labute approximate surface area is 186 Å². The Balaban J connectivity index is 0.00000280. The van der Waals surface area contributed by atoms with E-state index < -0.39 is 0 Å². The molecule has 2 aliphatic heterocycles. The van der Waals surface area contributed by atoms with E-state index in [9.17, 15) is 0 Å². The van der Waals surface area contributed by atoms with Crippen molar-refractivity contribution in [3.05, 3.63) is 23.9 Å². The van der Waals surface area contributed by atoms with Crippen molar-refractivity contribution in [3.63, 3.8) is 0 Å². The van der Waals surface area contributed by atoms with Crippen LogP contribution < -0.4 is 15.5 Å². The second-order valence-corrected chi connectivity index (χ2v) is 8.14. The molecule has 0 saturated carbocycles. The van der Waals surface area contributed by atoms with Crippen molar-refractivity contribution in [2.45, 2.75) is 58.6 Å². The molecule has 7 heteroatoms. The van der Waals surface area contributed by atoms with Gasteiger partial charge in [0, 0.05) is 39.0 Å². The molecule has 28 heavy (non-hydrogen) atoms. The van der Waals surface area contributed by atoms with Crippen LogP contribution in [-0.2, 0) is 11.3 Å². The largest absolute Gasteiger partial charge is 0.373 e. The summed E-state index contributed by atoms with van der Waals surface area (Å²) in [4.78, 5) is 11.8. The van der Waals surface area contributed by atoms with Crippen LogP contribution in [0.4, 0.5) is 5.82 Å². The van der Waals surface area contributed by atoms with E-state index in [0.717, 1.165) is 68.9 Å². The molecule has 3 heterocycles. The predicted octanol–water partition coefficient (Wildman–Crippen LogP) is 3.56. The van der Waals surface area contributed by atoms with Gasteiger partial charge in [0.15, 0.2) is 5.96 Å². The summed E-state index contributed by atoms with van der Waals surface area (Å²) in [7, 11) is 0. The third-order valence-electron chi connectivity index (χ3n) is 5.61. The lowest BCUT2D eigenvalue weighted by Gasteiger charge is -2.31. The molecule has 1 aromatic heterocycles. The van der Waals surface area contributed by atoms with E-state index >= 15 is 0 Å². The zero-order valence-corrected chi connectivity index (χ0v) is 19.9. The van der Waals surface area contributed by atoms with Gasteiger partial charge in [-0.3, -0.25) is 0 Å². The second-order valence-electron chi connectivity index (χ2n) is 8.14. The zero-order valence-electron chi connectivity index (χ0n) is 17.5. The standard InChI is InChI=1S/C21H35N5O.HI/c1-4-22-20(25-16-21(3)10-5-13-27-21)24-15-18-6-7-19(23-14-18)26-11-8-17(2)9-12-26;/h6-7,14,17H,4-5,8-13,15-16H2,1-3H3,(H2,22,24,25);1H. The highest BCUT2D eigenvalue weighted by molar-refractivity contribution is 14.0. The number of ether oxygens (including phenoxy) is 1. The molecule has 2 aliphatic rings. The van der Waals surface area contributed by atoms with Crippen molar-refractivity contribution < 1.29 is 4.74 Å². The van der Waals surface area contributed by atoms with E-state index in [1.54, 1.807) is 0 Å². The number of halogens is 1. The lowest BCUT2D eigenvalue weighted by atomic mass is 9.99. The van der Waals surface area contributed by atoms with Gasteiger partial charge in [0.2, 0.25) is 0 Å². The van der Waals surface area contributed by atoms with Crippen LogP contribution >= 0.6 is 24.0 Å². The predicted molar refractivity (Wildman–Crippen MR) is 127 cm³/mol. The maximum absolute atomic E-state index is 5.85. The van der Waals surface area contributed by atoms with E-state index in [1.807, 2.05) is 6.20 Å². The summed E-state index contributed by atoms with van der Waals surface area (Å²) in [6, 6.07) is 4.28. The average Bonchev–Trinajstić information content (AvgIpc) is 3.12. The molecule has 0 amide bonds. The SMILES string of the molecule is CCNC(=NCc1ccc(N2CCC(C)CC2)nc1)NCC1(C)CCCO1.I. The maximum Gasteiger partial charge on any atom is 0.191 e. The summed E-state index contributed by atoms with van der Waals surface area (Å²) in [5, 5.41) is 6.74. The molecule has 1 atom stereocenters. The lowest BCUT2D eigenvalue weighted by molar-refractivity contribution is 0.0243. The van der Waals surface area contributed by atoms with Crippen molar-refractivity contribution >= 4 is 35.8 Å². The summed E-state index contributed by atoms with van der Waals surface area (Å²) in [5.74, 6) is 2.76. The second kappa shape index (κ2) is 11.2. The van der Waals surface area contributed by atoms with Crippen LogP contribution in [0, 0.1) is 5.92 Å². The van der Waals surface area contributed by atoms with Crippen molar-refractivity contribution in [1.29, 1.82) is 0 Å². The van der Waals surface area contributed by atoms with Gasteiger partial charge < -0.3 is 20.3 Å². The lowest BCUT2D eigenvalue weighted by Crippen LogP contribution is -2.45. The van der Waals surface area contributed by atoms with Crippen LogP contribution in [0.2, 0.25) is 0 Å². The topological polar surface area (TPSA) is 61.8 Å². The average molecular weight is 501 g/mol. The maximum atomic E-state index is 5.85. The Morgan fingerprint density at radius 2 is 2.11 bits per heavy atom. The van der Waals surface area contributed by atoms with Crippen LogP contribution in [-0.4, -0.2) is 49.3 Å². The van der Waals surface area contributed by atoms with E-state index in [2.05, 4.69) is 53.4 Å². The minimum Gasteiger partial charge on any atom is -0.373 e. The van der Waals surface area contributed by atoms with Crippen LogP contribution in [0.5, 0.6) is 0 Å². The Kier molecular flexibility index (Phi) is 9.27. The summed E-state index contributed by atoms with van der Waals surface area (Å²) >= 11 is 0. The van der Waals surface area contributed by atoms with E-state index in [0.29, 0.717) is 6.54 Å². The molecule has 6 nitrogen and oxygen atoms in total. The van der Waals surface area contributed by atoms with Crippen LogP contribution in [0.25, 0.3) is 0 Å². The molecule has 2 fully saturated rings. The van der Waals surface area contributed by atoms with Crippen LogP contribution in [0.1, 0.15) is 52.0 Å².